The number of ketones is 1. The summed E-state index contributed by atoms with van der Waals surface area (Å²) in [5.41, 5.74) is 2.46. The van der Waals surface area contributed by atoms with Gasteiger partial charge in [0.15, 0.2) is 5.78 Å². The van der Waals surface area contributed by atoms with E-state index >= 15 is 0 Å². The maximum absolute atomic E-state index is 11.0. The number of hydrogen-bond donors (Lipinski definition) is 0. The fourth-order valence-corrected chi connectivity index (χ4v) is 1.34. The van der Waals surface area contributed by atoms with Gasteiger partial charge in [-0.1, -0.05) is 25.5 Å². The third-order valence-corrected chi connectivity index (χ3v) is 2.00. The largest absolute Gasteiger partial charge is 0.295 e. The quantitative estimate of drug-likeness (QED) is 0.561. The van der Waals surface area contributed by atoms with Crippen LogP contribution in [0, 0.1) is 5.92 Å². The maximum atomic E-state index is 11.0. The SMILES string of the molecule is CC1=CCC(=O)C=C1C(C)C. The smallest absolute Gasteiger partial charge is 0.159 e. The lowest BCUT2D eigenvalue weighted by Gasteiger charge is -2.14. The molecule has 1 nitrogen and oxygen atoms in total. The molecule has 0 spiro atoms. The van der Waals surface area contributed by atoms with Gasteiger partial charge in [-0.25, -0.2) is 0 Å². The van der Waals surface area contributed by atoms with E-state index in [0.717, 1.165) is 0 Å². The zero-order valence-corrected chi connectivity index (χ0v) is 7.35. The molecule has 0 bridgehead atoms. The van der Waals surface area contributed by atoms with E-state index in [0.29, 0.717) is 12.3 Å². The van der Waals surface area contributed by atoms with E-state index in [1.165, 1.54) is 11.1 Å². The van der Waals surface area contributed by atoms with Gasteiger partial charge in [0.25, 0.3) is 0 Å². The molecule has 1 heteroatoms. The van der Waals surface area contributed by atoms with Crippen molar-refractivity contribution in [2.24, 2.45) is 5.92 Å². The molecule has 0 radical (unpaired) electrons. The third kappa shape index (κ3) is 1.79. The van der Waals surface area contributed by atoms with E-state index < -0.39 is 0 Å². The second-order valence-electron chi connectivity index (χ2n) is 3.31. The zero-order valence-electron chi connectivity index (χ0n) is 7.35. The molecule has 0 atom stereocenters. The highest BCUT2D eigenvalue weighted by molar-refractivity contribution is 5.93. The molecule has 1 aliphatic rings. The molecule has 0 saturated carbocycles. The Labute approximate surface area is 67.8 Å². The summed E-state index contributed by atoms with van der Waals surface area (Å²) >= 11 is 0. The molecule has 1 rings (SSSR count). The minimum atomic E-state index is 0.235. The Morgan fingerprint density at radius 2 is 2.09 bits per heavy atom. The van der Waals surface area contributed by atoms with Crippen LogP contribution in [0.1, 0.15) is 27.2 Å². The van der Waals surface area contributed by atoms with Crippen LogP contribution in [-0.4, -0.2) is 5.78 Å². The van der Waals surface area contributed by atoms with E-state index in [1.807, 2.05) is 6.08 Å². The fraction of sp³-hybridized carbons (Fsp3) is 0.500. The summed E-state index contributed by atoms with van der Waals surface area (Å²) in [6.07, 6.45) is 4.37. The first kappa shape index (κ1) is 8.25. The summed E-state index contributed by atoms with van der Waals surface area (Å²) < 4.78 is 0. The molecule has 0 aromatic rings. The Bertz CT molecular complexity index is 231. The molecule has 0 aliphatic heterocycles. The van der Waals surface area contributed by atoms with Crippen molar-refractivity contribution in [2.45, 2.75) is 27.2 Å². The van der Waals surface area contributed by atoms with Gasteiger partial charge in [0, 0.05) is 6.42 Å². The lowest BCUT2D eigenvalue weighted by Crippen LogP contribution is -2.05. The Kier molecular flexibility index (Phi) is 2.28. The molecule has 1 aliphatic carbocycles. The summed E-state index contributed by atoms with van der Waals surface area (Å²) in [4.78, 5) is 11.0. The molecule has 0 amide bonds. The molecular weight excluding hydrogens is 136 g/mol. The molecule has 0 fully saturated rings. The van der Waals surface area contributed by atoms with Crippen LogP contribution >= 0.6 is 0 Å². The summed E-state index contributed by atoms with van der Waals surface area (Å²) in [6, 6.07) is 0. The molecule has 60 valence electrons. The van der Waals surface area contributed by atoms with E-state index in [2.05, 4.69) is 20.8 Å². The molecule has 11 heavy (non-hydrogen) atoms. The second kappa shape index (κ2) is 3.04. The van der Waals surface area contributed by atoms with E-state index in [1.54, 1.807) is 6.08 Å². The summed E-state index contributed by atoms with van der Waals surface area (Å²) in [5.74, 6) is 0.704. The van der Waals surface area contributed by atoms with Gasteiger partial charge in [-0.15, -0.1) is 0 Å². The van der Waals surface area contributed by atoms with E-state index in [-0.39, 0.29) is 5.78 Å². The monoisotopic (exact) mass is 150 g/mol. The van der Waals surface area contributed by atoms with Crippen LogP contribution in [0.5, 0.6) is 0 Å². The highest BCUT2D eigenvalue weighted by Gasteiger charge is 2.11. The number of hydrogen-bond acceptors (Lipinski definition) is 1. The van der Waals surface area contributed by atoms with Gasteiger partial charge in [0.05, 0.1) is 0 Å². The normalized spacial score (nSPS) is 18.4. The Hall–Kier alpha value is -0.850. The van der Waals surface area contributed by atoms with Gasteiger partial charge in [0.2, 0.25) is 0 Å². The third-order valence-electron chi connectivity index (χ3n) is 2.00. The van der Waals surface area contributed by atoms with Crippen molar-refractivity contribution >= 4 is 5.78 Å². The Balaban J connectivity index is 2.90. The minimum Gasteiger partial charge on any atom is -0.295 e. The Morgan fingerprint density at radius 3 is 2.55 bits per heavy atom. The number of carbonyl (C=O) groups excluding carboxylic acids is 1. The molecular formula is C10H14O. The molecule has 0 aromatic heterocycles. The van der Waals surface area contributed by atoms with Crippen LogP contribution in [0.3, 0.4) is 0 Å². The van der Waals surface area contributed by atoms with Crippen molar-refractivity contribution in [3.63, 3.8) is 0 Å². The first-order valence-electron chi connectivity index (χ1n) is 4.03. The highest BCUT2D eigenvalue weighted by atomic mass is 16.1. The summed E-state index contributed by atoms with van der Waals surface area (Å²) in [7, 11) is 0. The van der Waals surface area contributed by atoms with Crippen LogP contribution in [-0.2, 0) is 4.79 Å². The highest BCUT2D eigenvalue weighted by Crippen LogP contribution is 2.22. The molecule has 0 N–H and O–H groups in total. The van der Waals surface area contributed by atoms with Crippen molar-refractivity contribution < 1.29 is 4.79 Å². The lowest BCUT2D eigenvalue weighted by atomic mass is 9.90. The van der Waals surface area contributed by atoms with Crippen molar-refractivity contribution in [1.82, 2.24) is 0 Å². The fourth-order valence-electron chi connectivity index (χ4n) is 1.34. The van der Waals surface area contributed by atoms with Gasteiger partial charge in [-0.3, -0.25) is 4.79 Å². The van der Waals surface area contributed by atoms with Crippen molar-refractivity contribution in [3.8, 4) is 0 Å². The number of allylic oxidation sites excluding steroid dienone is 4. The van der Waals surface area contributed by atoms with Gasteiger partial charge in [-0.05, 0) is 24.5 Å². The minimum absolute atomic E-state index is 0.235. The number of rotatable bonds is 1. The van der Waals surface area contributed by atoms with Crippen LogP contribution in [0.2, 0.25) is 0 Å². The van der Waals surface area contributed by atoms with E-state index in [9.17, 15) is 4.79 Å². The van der Waals surface area contributed by atoms with Gasteiger partial charge < -0.3 is 0 Å². The van der Waals surface area contributed by atoms with Crippen molar-refractivity contribution in [3.05, 3.63) is 23.3 Å². The van der Waals surface area contributed by atoms with Gasteiger partial charge >= 0.3 is 0 Å². The molecule has 0 heterocycles. The Morgan fingerprint density at radius 1 is 1.45 bits per heavy atom. The van der Waals surface area contributed by atoms with Gasteiger partial charge in [-0.2, -0.15) is 0 Å². The standard InChI is InChI=1S/C10H14O/c1-7(2)10-6-9(11)5-4-8(10)3/h4,6-7H,5H2,1-3H3. The maximum Gasteiger partial charge on any atom is 0.159 e. The van der Waals surface area contributed by atoms with Crippen LogP contribution in [0.15, 0.2) is 23.3 Å². The zero-order chi connectivity index (χ0) is 8.43. The van der Waals surface area contributed by atoms with Gasteiger partial charge in [0.1, 0.15) is 0 Å². The van der Waals surface area contributed by atoms with Crippen LogP contribution < -0.4 is 0 Å². The summed E-state index contributed by atoms with van der Waals surface area (Å²) in [5, 5.41) is 0. The van der Waals surface area contributed by atoms with Crippen LogP contribution in [0.25, 0.3) is 0 Å². The van der Waals surface area contributed by atoms with Crippen molar-refractivity contribution in [2.75, 3.05) is 0 Å². The predicted octanol–water partition coefficient (Wildman–Crippen LogP) is 2.49. The van der Waals surface area contributed by atoms with E-state index in [4.69, 9.17) is 0 Å². The molecule has 0 aromatic carbocycles. The topological polar surface area (TPSA) is 17.1 Å². The average Bonchev–Trinajstić information content (AvgIpc) is 1.94. The first-order chi connectivity index (χ1) is 5.11. The predicted molar refractivity (Wildman–Crippen MR) is 46.3 cm³/mol. The van der Waals surface area contributed by atoms with Crippen LogP contribution in [0.4, 0.5) is 0 Å². The molecule has 0 saturated heterocycles. The molecule has 0 unspecified atom stereocenters. The number of carbonyl (C=O) groups is 1. The average molecular weight is 150 g/mol. The second-order valence-corrected chi connectivity index (χ2v) is 3.31. The first-order valence-corrected chi connectivity index (χ1v) is 4.03. The summed E-state index contributed by atoms with van der Waals surface area (Å²) in [6.45, 7) is 6.29. The van der Waals surface area contributed by atoms with Crippen molar-refractivity contribution in [1.29, 1.82) is 0 Å². The lowest BCUT2D eigenvalue weighted by molar-refractivity contribution is -0.114.